The molecular weight excluding hydrogens is 298 g/mol. The van der Waals surface area contributed by atoms with Gasteiger partial charge in [-0.1, -0.05) is 25.4 Å². The van der Waals surface area contributed by atoms with Crippen LogP contribution >= 0.6 is 11.6 Å². The second-order valence-corrected chi connectivity index (χ2v) is 5.84. The average molecular weight is 326 g/mol. The molecule has 0 unspecified atom stereocenters. The van der Waals surface area contributed by atoms with E-state index >= 15 is 0 Å². The van der Waals surface area contributed by atoms with Crippen molar-refractivity contribution in [1.82, 2.24) is 10.2 Å². The lowest BCUT2D eigenvalue weighted by Crippen LogP contribution is -2.43. The lowest BCUT2D eigenvalue weighted by atomic mass is 10.1. The van der Waals surface area contributed by atoms with Crippen LogP contribution < -0.4 is 10.2 Å². The summed E-state index contributed by atoms with van der Waals surface area (Å²) in [5.74, 6) is 0. The minimum Gasteiger partial charge on any atom is -0.378 e. The summed E-state index contributed by atoms with van der Waals surface area (Å²) in [5.41, 5.74) is 2.65. The molecule has 2 saturated heterocycles. The van der Waals surface area contributed by atoms with Crippen molar-refractivity contribution in [3.8, 4) is 0 Å². The molecule has 2 aliphatic rings. The van der Waals surface area contributed by atoms with Crippen molar-refractivity contribution in [2.45, 2.75) is 20.4 Å². The number of hydrogen-bond donors (Lipinski definition) is 1. The molecule has 4 nitrogen and oxygen atoms in total. The molecule has 3 rings (SSSR count). The summed E-state index contributed by atoms with van der Waals surface area (Å²) in [5, 5.41) is 4.22. The zero-order valence-electron chi connectivity index (χ0n) is 13.8. The van der Waals surface area contributed by atoms with Gasteiger partial charge in [0.25, 0.3) is 0 Å². The number of anilines is 1. The minimum absolute atomic E-state index is 0.815. The smallest absolute Gasteiger partial charge is 0.0642 e. The molecule has 0 aromatic heterocycles. The molecular formula is C17H28ClN3O. The quantitative estimate of drug-likeness (QED) is 0.924. The Hall–Kier alpha value is -0.810. The summed E-state index contributed by atoms with van der Waals surface area (Å²) < 4.78 is 5.45. The third kappa shape index (κ3) is 4.85. The molecule has 0 radical (unpaired) electrons. The minimum atomic E-state index is 0.815. The SMILES string of the molecule is CC.Clc1ccc(N2CCOCC2)c(CN2CCNCC2)c1. The number of morpholine rings is 1. The van der Waals surface area contributed by atoms with Gasteiger partial charge in [0.2, 0.25) is 0 Å². The lowest BCUT2D eigenvalue weighted by Gasteiger charge is -2.33. The van der Waals surface area contributed by atoms with Crippen LogP contribution in [0.3, 0.4) is 0 Å². The first-order valence-electron chi connectivity index (χ1n) is 8.37. The highest BCUT2D eigenvalue weighted by Crippen LogP contribution is 2.26. The molecule has 2 aliphatic heterocycles. The molecule has 0 aliphatic carbocycles. The first-order chi connectivity index (χ1) is 10.8. The van der Waals surface area contributed by atoms with E-state index in [2.05, 4.69) is 27.2 Å². The zero-order valence-corrected chi connectivity index (χ0v) is 14.5. The van der Waals surface area contributed by atoms with Crippen molar-refractivity contribution in [3.05, 3.63) is 28.8 Å². The Bertz CT molecular complexity index is 444. The van der Waals surface area contributed by atoms with Crippen LogP contribution in [0.1, 0.15) is 19.4 Å². The van der Waals surface area contributed by atoms with Gasteiger partial charge in [0.1, 0.15) is 0 Å². The van der Waals surface area contributed by atoms with Crippen LogP contribution in [0, 0.1) is 0 Å². The van der Waals surface area contributed by atoms with E-state index in [-0.39, 0.29) is 0 Å². The predicted molar refractivity (Wildman–Crippen MR) is 94.0 cm³/mol. The molecule has 1 aromatic carbocycles. The maximum absolute atomic E-state index is 6.20. The molecule has 0 saturated carbocycles. The Balaban J connectivity index is 0.000000847. The summed E-state index contributed by atoms with van der Waals surface area (Å²) in [6.07, 6.45) is 0. The van der Waals surface area contributed by atoms with Crippen molar-refractivity contribution < 1.29 is 4.74 Å². The maximum Gasteiger partial charge on any atom is 0.0642 e. The highest BCUT2D eigenvalue weighted by molar-refractivity contribution is 6.30. The van der Waals surface area contributed by atoms with E-state index < -0.39 is 0 Å². The number of rotatable bonds is 3. The van der Waals surface area contributed by atoms with Crippen LogP contribution in [-0.2, 0) is 11.3 Å². The molecule has 0 bridgehead atoms. The van der Waals surface area contributed by atoms with E-state index in [9.17, 15) is 0 Å². The number of piperazine rings is 1. The van der Waals surface area contributed by atoms with Gasteiger partial charge < -0.3 is 15.0 Å². The van der Waals surface area contributed by atoms with Crippen molar-refractivity contribution in [1.29, 1.82) is 0 Å². The fourth-order valence-corrected chi connectivity index (χ4v) is 3.10. The highest BCUT2D eigenvalue weighted by Gasteiger charge is 2.17. The van der Waals surface area contributed by atoms with Gasteiger partial charge in [-0.15, -0.1) is 0 Å². The molecule has 0 atom stereocenters. The summed E-state index contributed by atoms with van der Waals surface area (Å²) in [7, 11) is 0. The van der Waals surface area contributed by atoms with Crippen LogP contribution in [0.4, 0.5) is 5.69 Å². The highest BCUT2D eigenvalue weighted by atomic mass is 35.5. The Morgan fingerprint density at radius 1 is 1.09 bits per heavy atom. The summed E-state index contributed by atoms with van der Waals surface area (Å²) in [4.78, 5) is 4.91. The van der Waals surface area contributed by atoms with Gasteiger partial charge >= 0.3 is 0 Å². The van der Waals surface area contributed by atoms with E-state index in [1.165, 1.54) is 11.3 Å². The Labute approximate surface area is 139 Å². The monoisotopic (exact) mass is 325 g/mol. The Kier molecular flexibility index (Phi) is 7.46. The molecule has 124 valence electrons. The van der Waals surface area contributed by atoms with Gasteiger partial charge in [-0.3, -0.25) is 4.90 Å². The number of nitrogens with one attached hydrogen (secondary N) is 1. The topological polar surface area (TPSA) is 27.7 Å². The summed E-state index contributed by atoms with van der Waals surface area (Å²) in [6, 6.07) is 6.27. The van der Waals surface area contributed by atoms with Gasteiger partial charge in [-0.2, -0.15) is 0 Å². The molecule has 1 aromatic rings. The molecule has 0 amide bonds. The number of ether oxygens (including phenoxy) is 1. The maximum atomic E-state index is 6.20. The van der Waals surface area contributed by atoms with Gasteiger partial charge in [-0.25, -0.2) is 0 Å². The summed E-state index contributed by atoms with van der Waals surface area (Å²) in [6.45, 7) is 12.9. The van der Waals surface area contributed by atoms with Gasteiger partial charge in [0, 0.05) is 56.5 Å². The third-order valence-corrected chi connectivity index (χ3v) is 4.23. The summed E-state index contributed by atoms with van der Waals surface area (Å²) >= 11 is 6.20. The van der Waals surface area contributed by atoms with Gasteiger partial charge in [-0.05, 0) is 23.8 Å². The normalized spacial score (nSPS) is 19.5. The van der Waals surface area contributed by atoms with Crippen LogP contribution in [0.2, 0.25) is 5.02 Å². The van der Waals surface area contributed by atoms with Crippen LogP contribution in [0.25, 0.3) is 0 Å². The number of hydrogen-bond acceptors (Lipinski definition) is 4. The van der Waals surface area contributed by atoms with Crippen molar-refractivity contribution >= 4 is 17.3 Å². The van der Waals surface area contributed by atoms with Crippen LogP contribution in [0.15, 0.2) is 18.2 Å². The van der Waals surface area contributed by atoms with E-state index in [1.54, 1.807) is 0 Å². The molecule has 22 heavy (non-hydrogen) atoms. The first-order valence-corrected chi connectivity index (χ1v) is 8.75. The van der Waals surface area contributed by atoms with Gasteiger partial charge in [0.15, 0.2) is 0 Å². The molecule has 0 spiro atoms. The van der Waals surface area contributed by atoms with Crippen LogP contribution in [0.5, 0.6) is 0 Å². The first kappa shape index (κ1) is 17.5. The molecule has 2 fully saturated rings. The number of halogens is 1. The number of nitrogens with zero attached hydrogens (tertiary/aromatic N) is 2. The standard InChI is InChI=1S/C15H22ClN3O.C2H6/c16-14-1-2-15(19-7-9-20-10-8-19)13(11-14)12-18-5-3-17-4-6-18;1-2/h1-2,11,17H,3-10,12H2;1-2H3. The average Bonchev–Trinajstić information content (AvgIpc) is 2.59. The van der Waals surface area contributed by atoms with E-state index in [4.69, 9.17) is 16.3 Å². The third-order valence-electron chi connectivity index (χ3n) is 4.00. The van der Waals surface area contributed by atoms with Gasteiger partial charge in [0.05, 0.1) is 13.2 Å². The lowest BCUT2D eigenvalue weighted by molar-refractivity contribution is 0.122. The van der Waals surface area contributed by atoms with E-state index in [0.29, 0.717) is 0 Å². The largest absolute Gasteiger partial charge is 0.378 e. The van der Waals surface area contributed by atoms with E-state index in [0.717, 1.165) is 64.0 Å². The zero-order chi connectivity index (χ0) is 15.8. The van der Waals surface area contributed by atoms with Crippen molar-refractivity contribution in [3.63, 3.8) is 0 Å². The molecule has 1 N–H and O–H groups in total. The van der Waals surface area contributed by atoms with E-state index in [1.807, 2.05) is 19.9 Å². The second kappa shape index (κ2) is 9.36. The number of benzene rings is 1. The Morgan fingerprint density at radius 3 is 2.45 bits per heavy atom. The molecule has 2 heterocycles. The Morgan fingerprint density at radius 2 is 1.77 bits per heavy atom. The fourth-order valence-electron chi connectivity index (χ4n) is 2.90. The second-order valence-electron chi connectivity index (χ2n) is 5.40. The van der Waals surface area contributed by atoms with Crippen molar-refractivity contribution in [2.24, 2.45) is 0 Å². The predicted octanol–water partition coefficient (Wildman–Crippen LogP) is 2.61. The van der Waals surface area contributed by atoms with Crippen molar-refractivity contribution in [2.75, 3.05) is 57.4 Å². The molecule has 5 heteroatoms. The van der Waals surface area contributed by atoms with Crippen LogP contribution in [-0.4, -0.2) is 57.4 Å². The fraction of sp³-hybridized carbons (Fsp3) is 0.647.